The lowest BCUT2D eigenvalue weighted by molar-refractivity contribution is 0.109. The van der Waals surface area contributed by atoms with Crippen LogP contribution in [0, 0.1) is 5.82 Å². The summed E-state index contributed by atoms with van der Waals surface area (Å²) in [5.74, 6) is -0.210. The predicted octanol–water partition coefficient (Wildman–Crippen LogP) is 2.61. The first-order valence-corrected chi connectivity index (χ1v) is 7.87. The van der Waals surface area contributed by atoms with E-state index in [1.807, 2.05) is 0 Å². The molecule has 1 unspecified atom stereocenters. The maximum absolute atomic E-state index is 13.5. The second kappa shape index (κ2) is 6.98. The van der Waals surface area contributed by atoms with Crippen molar-refractivity contribution >= 4 is 15.9 Å². The Morgan fingerprint density at radius 2 is 2.10 bits per heavy atom. The van der Waals surface area contributed by atoms with Crippen molar-refractivity contribution in [2.24, 2.45) is 5.73 Å². The van der Waals surface area contributed by atoms with Crippen LogP contribution in [0.4, 0.5) is 4.39 Å². The van der Waals surface area contributed by atoms with Crippen LogP contribution in [0.1, 0.15) is 24.4 Å². The van der Waals surface area contributed by atoms with Crippen molar-refractivity contribution in [3.63, 3.8) is 0 Å². The van der Waals surface area contributed by atoms with Gasteiger partial charge in [0.25, 0.3) is 0 Å². The van der Waals surface area contributed by atoms with Gasteiger partial charge < -0.3 is 10.6 Å². The monoisotopic (exact) mass is 343 g/mol. The normalized spacial score (nSPS) is 19.5. The average molecular weight is 344 g/mol. The third-order valence-electron chi connectivity index (χ3n) is 4.30. The number of hydrogen-bond acceptors (Lipinski definition) is 3. The lowest BCUT2D eigenvalue weighted by Gasteiger charge is -2.39. The van der Waals surface area contributed by atoms with Crippen LogP contribution in [0.3, 0.4) is 0 Å². The quantitative estimate of drug-likeness (QED) is 0.911. The van der Waals surface area contributed by atoms with Gasteiger partial charge in [0, 0.05) is 23.1 Å². The van der Waals surface area contributed by atoms with Crippen molar-refractivity contribution < 1.29 is 4.39 Å². The van der Waals surface area contributed by atoms with E-state index in [1.54, 1.807) is 12.1 Å². The molecule has 1 aliphatic heterocycles. The molecular formula is C15H23BrFN3. The Hall–Kier alpha value is -0.490. The first kappa shape index (κ1) is 15.9. The van der Waals surface area contributed by atoms with Gasteiger partial charge in [0.15, 0.2) is 0 Å². The van der Waals surface area contributed by atoms with Crippen LogP contribution in [0.25, 0.3) is 0 Å². The number of nitrogens with two attached hydrogens (primary N) is 1. The van der Waals surface area contributed by atoms with Gasteiger partial charge >= 0.3 is 0 Å². The Morgan fingerprint density at radius 1 is 1.45 bits per heavy atom. The van der Waals surface area contributed by atoms with Gasteiger partial charge in [0.05, 0.1) is 0 Å². The number of likely N-dealkylation sites (tertiary alicyclic amines) is 1. The van der Waals surface area contributed by atoms with Crippen molar-refractivity contribution in [3.8, 4) is 0 Å². The van der Waals surface area contributed by atoms with Gasteiger partial charge in [-0.2, -0.15) is 0 Å². The molecule has 0 amide bonds. The van der Waals surface area contributed by atoms with Crippen molar-refractivity contribution in [2.75, 3.05) is 33.7 Å². The maximum Gasteiger partial charge on any atom is 0.123 e. The van der Waals surface area contributed by atoms with Gasteiger partial charge in [-0.15, -0.1) is 0 Å². The van der Waals surface area contributed by atoms with Gasteiger partial charge in [0.1, 0.15) is 5.82 Å². The van der Waals surface area contributed by atoms with Crippen LogP contribution in [0.5, 0.6) is 0 Å². The summed E-state index contributed by atoms with van der Waals surface area (Å²) >= 11 is 3.52. The molecule has 1 heterocycles. The largest absolute Gasteiger partial charge is 0.329 e. The fourth-order valence-electron chi connectivity index (χ4n) is 2.94. The number of rotatable bonds is 4. The number of halogens is 2. The molecule has 112 valence electrons. The molecule has 0 saturated carbocycles. The van der Waals surface area contributed by atoms with E-state index in [9.17, 15) is 4.39 Å². The van der Waals surface area contributed by atoms with E-state index in [0.717, 1.165) is 36.0 Å². The highest BCUT2D eigenvalue weighted by molar-refractivity contribution is 9.10. The number of piperidine rings is 1. The minimum absolute atomic E-state index is 0.0495. The molecule has 2 rings (SSSR count). The van der Waals surface area contributed by atoms with Gasteiger partial charge in [-0.25, -0.2) is 4.39 Å². The summed E-state index contributed by atoms with van der Waals surface area (Å²) in [5, 5.41) is 0. The number of likely N-dealkylation sites (N-methyl/N-ethyl adjacent to an activating group) is 1. The highest BCUT2D eigenvalue weighted by Gasteiger charge is 2.27. The molecule has 1 aromatic rings. The second-order valence-electron chi connectivity index (χ2n) is 5.62. The summed E-state index contributed by atoms with van der Waals surface area (Å²) in [4.78, 5) is 4.66. The van der Waals surface area contributed by atoms with Crippen LogP contribution in [-0.4, -0.2) is 49.6 Å². The summed E-state index contributed by atoms with van der Waals surface area (Å²) in [7, 11) is 4.25. The molecule has 0 aromatic heterocycles. The van der Waals surface area contributed by atoms with Crippen LogP contribution >= 0.6 is 15.9 Å². The summed E-state index contributed by atoms with van der Waals surface area (Å²) < 4.78 is 14.4. The minimum atomic E-state index is -0.210. The van der Waals surface area contributed by atoms with E-state index >= 15 is 0 Å². The molecule has 0 bridgehead atoms. The lowest BCUT2D eigenvalue weighted by atomic mass is 9.98. The topological polar surface area (TPSA) is 32.5 Å². The lowest BCUT2D eigenvalue weighted by Crippen LogP contribution is -2.45. The fourth-order valence-corrected chi connectivity index (χ4v) is 3.45. The molecule has 1 aromatic carbocycles. The molecule has 1 atom stereocenters. The van der Waals surface area contributed by atoms with E-state index < -0.39 is 0 Å². The minimum Gasteiger partial charge on any atom is -0.329 e. The van der Waals surface area contributed by atoms with Crippen LogP contribution in [-0.2, 0) is 0 Å². The van der Waals surface area contributed by atoms with Crippen molar-refractivity contribution in [1.29, 1.82) is 0 Å². The summed E-state index contributed by atoms with van der Waals surface area (Å²) in [5.41, 5.74) is 6.90. The van der Waals surface area contributed by atoms with E-state index in [1.165, 1.54) is 6.07 Å². The second-order valence-corrected chi connectivity index (χ2v) is 6.47. The zero-order valence-corrected chi connectivity index (χ0v) is 13.7. The van der Waals surface area contributed by atoms with Crippen molar-refractivity contribution in [1.82, 2.24) is 9.80 Å². The van der Waals surface area contributed by atoms with Crippen molar-refractivity contribution in [2.45, 2.75) is 24.9 Å². The average Bonchev–Trinajstić information content (AvgIpc) is 2.44. The molecule has 1 aliphatic rings. The molecular weight excluding hydrogens is 321 g/mol. The molecule has 20 heavy (non-hydrogen) atoms. The first-order chi connectivity index (χ1) is 9.52. The van der Waals surface area contributed by atoms with E-state index in [4.69, 9.17) is 5.73 Å². The highest BCUT2D eigenvalue weighted by atomic mass is 79.9. The van der Waals surface area contributed by atoms with Gasteiger partial charge in [-0.1, -0.05) is 15.9 Å². The van der Waals surface area contributed by atoms with Gasteiger partial charge in [-0.05, 0) is 63.8 Å². The molecule has 2 N–H and O–H groups in total. The van der Waals surface area contributed by atoms with E-state index in [-0.39, 0.29) is 11.9 Å². The van der Waals surface area contributed by atoms with Crippen LogP contribution in [0.2, 0.25) is 0 Å². The molecule has 3 nitrogen and oxygen atoms in total. The Balaban J connectivity index is 2.16. The van der Waals surface area contributed by atoms with Crippen LogP contribution in [0.15, 0.2) is 22.7 Å². The van der Waals surface area contributed by atoms with E-state index in [0.29, 0.717) is 12.6 Å². The maximum atomic E-state index is 13.5. The fraction of sp³-hybridized carbons (Fsp3) is 0.600. The number of benzene rings is 1. The van der Waals surface area contributed by atoms with Gasteiger partial charge in [-0.3, -0.25) is 4.90 Å². The summed E-state index contributed by atoms with van der Waals surface area (Å²) in [6.45, 7) is 2.71. The number of nitrogens with zero attached hydrogens (tertiary/aromatic N) is 2. The Morgan fingerprint density at radius 3 is 2.70 bits per heavy atom. The van der Waals surface area contributed by atoms with E-state index in [2.05, 4.69) is 39.8 Å². The standard InChI is InChI=1S/C15H23BrFN3/c1-19-7-5-12(6-8-19)20(2)15(10-18)13-9-11(17)3-4-14(13)16/h3-4,9,12,15H,5-8,10,18H2,1-2H3. The zero-order valence-electron chi connectivity index (χ0n) is 12.1. The van der Waals surface area contributed by atoms with Gasteiger partial charge in [0.2, 0.25) is 0 Å². The van der Waals surface area contributed by atoms with Crippen molar-refractivity contribution in [3.05, 3.63) is 34.1 Å². The Bertz CT molecular complexity index is 447. The predicted molar refractivity (Wildman–Crippen MR) is 84.2 cm³/mol. The third kappa shape index (κ3) is 3.58. The first-order valence-electron chi connectivity index (χ1n) is 7.08. The summed E-state index contributed by atoms with van der Waals surface area (Å²) in [6.07, 6.45) is 2.27. The molecule has 0 spiro atoms. The molecule has 0 aliphatic carbocycles. The highest BCUT2D eigenvalue weighted by Crippen LogP contribution is 2.30. The summed E-state index contributed by atoms with van der Waals surface area (Å²) in [6, 6.07) is 5.38. The third-order valence-corrected chi connectivity index (χ3v) is 5.02. The smallest absolute Gasteiger partial charge is 0.123 e. The molecule has 1 fully saturated rings. The SMILES string of the molecule is CN1CCC(N(C)C(CN)c2cc(F)ccc2Br)CC1. The number of hydrogen-bond donors (Lipinski definition) is 1. The zero-order chi connectivity index (χ0) is 14.7. The molecule has 1 saturated heterocycles. The Kier molecular flexibility index (Phi) is 5.55. The molecule has 0 radical (unpaired) electrons. The Labute approximate surface area is 129 Å². The molecule has 5 heteroatoms. The van der Waals surface area contributed by atoms with Crippen LogP contribution < -0.4 is 5.73 Å².